The molecular formula is C18H16ClN3O. The van der Waals surface area contributed by atoms with Gasteiger partial charge in [-0.15, -0.1) is 11.6 Å². The van der Waals surface area contributed by atoms with E-state index in [9.17, 15) is 0 Å². The first-order chi connectivity index (χ1) is 11.1. The van der Waals surface area contributed by atoms with Crippen LogP contribution in [0, 0.1) is 11.8 Å². The van der Waals surface area contributed by atoms with Crippen molar-refractivity contribution in [2.45, 2.75) is 30.6 Å². The van der Waals surface area contributed by atoms with Crippen molar-refractivity contribution in [2.75, 3.05) is 0 Å². The van der Waals surface area contributed by atoms with Crippen LogP contribution in [-0.2, 0) is 6.42 Å². The Morgan fingerprint density at radius 2 is 2.26 bits per heavy atom. The van der Waals surface area contributed by atoms with Gasteiger partial charge in [-0.25, -0.2) is 4.98 Å². The van der Waals surface area contributed by atoms with Crippen LogP contribution in [-0.4, -0.2) is 20.0 Å². The third-order valence-electron chi connectivity index (χ3n) is 3.55. The van der Waals surface area contributed by atoms with Crippen LogP contribution < -0.4 is 0 Å². The molecule has 1 aliphatic rings. The number of aryl methyl sites for hydroxylation is 1. The minimum Gasteiger partial charge on any atom is -0.339 e. The first kappa shape index (κ1) is 15.5. The maximum atomic E-state index is 6.49. The van der Waals surface area contributed by atoms with Gasteiger partial charge in [-0.05, 0) is 25.0 Å². The van der Waals surface area contributed by atoms with Gasteiger partial charge >= 0.3 is 0 Å². The highest BCUT2D eigenvalue weighted by Crippen LogP contribution is 2.37. The van der Waals surface area contributed by atoms with E-state index in [0.717, 1.165) is 5.69 Å². The maximum absolute atomic E-state index is 6.49. The van der Waals surface area contributed by atoms with Gasteiger partial charge in [0.25, 0.3) is 0 Å². The zero-order valence-corrected chi connectivity index (χ0v) is 13.5. The van der Waals surface area contributed by atoms with Crippen molar-refractivity contribution in [3.63, 3.8) is 0 Å². The molecule has 23 heavy (non-hydrogen) atoms. The number of hydrogen-bond donors (Lipinski definition) is 0. The lowest BCUT2D eigenvalue weighted by molar-refractivity contribution is 0.371. The van der Waals surface area contributed by atoms with E-state index in [4.69, 9.17) is 16.1 Å². The molecule has 2 heterocycles. The molecule has 4 nitrogen and oxygen atoms in total. The second-order valence-corrected chi connectivity index (χ2v) is 6.25. The van der Waals surface area contributed by atoms with Crippen LogP contribution in [0.1, 0.15) is 36.7 Å². The molecule has 1 aliphatic carbocycles. The van der Waals surface area contributed by atoms with Crippen molar-refractivity contribution in [2.24, 2.45) is 0 Å². The number of halogens is 1. The molecule has 5 heteroatoms. The van der Waals surface area contributed by atoms with Crippen molar-refractivity contribution in [1.82, 2.24) is 15.1 Å². The van der Waals surface area contributed by atoms with E-state index in [1.807, 2.05) is 49.4 Å². The lowest BCUT2D eigenvalue weighted by Crippen LogP contribution is -2.25. The van der Waals surface area contributed by atoms with E-state index in [0.29, 0.717) is 24.6 Å². The number of pyridine rings is 1. The summed E-state index contributed by atoms with van der Waals surface area (Å²) in [5.74, 6) is 7.16. The number of rotatable bonds is 3. The van der Waals surface area contributed by atoms with Crippen molar-refractivity contribution < 1.29 is 4.52 Å². The lowest BCUT2D eigenvalue weighted by Gasteiger charge is -2.26. The standard InChI is InChI=1S/C18H16ClN3O/c1-18(19)12-6-4-10-15(18)17-21-16(23-22-17)11-3-2-8-14-9-5-7-13-20-14/h4-7,9-10,12-13,15H,3,11H2,1H3. The van der Waals surface area contributed by atoms with Gasteiger partial charge in [0.05, 0.1) is 10.8 Å². The van der Waals surface area contributed by atoms with Gasteiger partial charge < -0.3 is 4.52 Å². The van der Waals surface area contributed by atoms with Crippen molar-refractivity contribution >= 4 is 11.6 Å². The predicted octanol–water partition coefficient (Wildman–Crippen LogP) is 3.66. The number of allylic oxidation sites excluding steroid dienone is 4. The summed E-state index contributed by atoms with van der Waals surface area (Å²) >= 11 is 6.49. The molecule has 2 unspecified atom stereocenters. The smallest absolute Gasteiger partial charge is 0.227 e. The summed E-state index contributed by atoms with van der Waals surface area (Å²) in [6, 6.07) is 5.66. The summed E-state index contributed by atoms with van der Waals surface area (Å²) in [6.07, 6.45) is 10.8. The molecule has 0 aromatic carbocycles. The number of hydrogen-bond acceptors (Lipinski definition) is 4. The van der Waals surface area contributed by atoms with E-state index in [-0.39, 0.29) is 5.92 Å². The summed E-state index contributed by atoms with van der Waals surface area (Å²) < 4.78 is 5.30. The highest BCUT2D eigenvalue weighted by Gasteiger charge is 2.33. The van der Waals surface area contributed by atoms with Crippen molar-refractivity contribution in [3.05, 3.63) is 66.1 Å². The van der Waals surface area contributed by atoms with Gasteiger partial charge in [-0.3, -0.25) is 0 Å². The number of alkyl halides is 1. The van der Waals surface area contributed by atoms with Gasteiger partial charge in [0.15, 0.2) is 5.82 Å². The topological polar surface area (TPSA) is 51.8 Å². The molecule has 2 aromatic rings. The monoisotopic (exact) mass is 325 g/mol. The highest BCUT2D eigenvalue weighted by atomic mass is 35.5. The summed E-state index contributed by atoms with van der Waals surface area (Å²) in [5, 5.41) is 4.06. The molecule has 0 amide bonds. The highest BCUT2D eigenvalue weighted by molar-refractivity contribution is 6.25. The number of aromatic nitrogens is 3. The molecule has 0 aliphatic heterocycles. The minimum atomic E-state index is -0.533. The second-order valence-electron chi connectivity index (χ2n) is 5.44. The second kappa shape index (κ2) is 6.80. The van der Waals surface area contributed by atoms with Crippen LogP contribution in [0.3, 0.4) is 0 Å². The van der Waals surface area contributed by atoms with E-state index < -0.39 is 4.87 Å². The largest absolute Gasteiger partial charge is 0.339 e. The molecule has 0 saturated carbocycles. The third-order valence-corrected chi connectivity index (χ3v) is 3.91. The third kappa shape index (κ3) is 3.88. The first-order valence-electron chi connectivity index (χ1n) is 7.42. The molecule has 0 N–H and O–H groups in total. The molecule has 0 fully saturated rings. The molecule has 2 atom stereocenters. The first-order valence-corrected chi connectivity index (χ1v) is 7.80. The summed E-state index contributed by atoms with van der Waals surface area (Å²) in [6.45, 7) is 1.94. The average Bonchev–Trinajstić information content (AvgIpc) is 3.01. The van der Waals surface area contributed by atoms with Gasteiger partial charge in [-0.2, -0.15) is 4.98 Å². The van der Waals surface area contributed by atoms with Crippen LogP contribution in [0.2, 0.25) is 0 Å². The van der Waals surface area contributed by atoms with Crippen molar-refractivity contribution in [3.8, 4) is 11.8 Å². The zero-order valence-electron chi connectivity index (χ0n) is 12.7. The summed E-state index contributed by atoms with van der Waals surface area (Å²) in [7, 11) is 0. The van der Waals surface area contributed by atoms with Crippen LogP contribution in [0.5, 0.6) is 0 Å². The summed E-state index contributed by atoms with van der Waals surface area (Å²) in [5.41, 5.74) is 0.760. The van der Waals surface area contributed by atoms with Crippen LogP contribution in [0.15, 0.2) is 53.2 Å². The fourth-order valence-corrected chi connectivity index (χ4v) is 2.55. The van der Waals surface area contributed by atoms with Gasteiger partial charge in [0.1, 0.15) is 5.69 Å². The lowest BCUT2D eigenvalue weighted by atomic mass is 9.88. The molecule has 0 bridgehead atoms. The minimum absolute atomic E-state index is 0.0914. The fraction of sp³-hybridized carbons (Fsp3) is 0.278. The molecule has 2 aromatic heterocycles. The summed E-state index contributed by atoms with van der Waals surface area (Å²) in [4.78, 5) is 8.06. The van der Waals surface area contributed by atoms with Gasteiger partial charge in [0, 0.05) is 19.0 Å². The molecule has 3 rings (SSSR count). The SMILES string of the molecule is CC1(Cl)C=CC=CC1c1noc(CCC#Cc2ccccn2)n1. The quantitative estimate of drug-likeness (QED) is 0.638. The van der Waals surface area contributed by atoms with Gasteiger partial charge in [-0.1, -0.05) is 41.4 Å². The average molecular weight is 326 g/mol. The maximum Gasteiger partial charge on any atom is 0.227 e. The fourth-order valence-electron chi connectivity index (χ4n) is 2.30. The molecular weight excluding hydrogens is 310 g/mol. The normalized spacial score (nSPS) is 22.6. The Bertz CT molecular complexity index is 781. The van der Waals surface area contributed by atoms with Crippen LogP contribution >= 0.6 is 11.6 Å². The molecule has 0 radical (unpaired) electrons. The van der Waals surface area contributed by atoms with Crippen LogP contribution in [0.4, 0.5) is 0 Å². The van der Waals surface area contributed by atoms with Crippen molar-refractivity contribution in [1.29, 1.82) is 0 Å². The zero-order chi connectivity index (χ0) is 16.1. The predicted molar refractivity (Wildman–Crippen MR) is 89.0 cm³/mol. The van der Waals surface area contributed by atoms with E-state index in [1.54, 1.807) is 6.20 Å². The van der Waals surface area contributed by atoms with Gasteiger partial charge in [0.2, 0.25) is 5.89 Å². The molecule has 0 saturated heterocycles. The molecule has 116 valence electrons. The Morgan fingerprint density at radius 3 is 3.04 bits per heavy atom. The Labute approximate surface area is 140 Å². The Balaban J connectivity index is 1.61. The van der Waals surface area contributed by atoms with E-state index >= 15 is 0 Å². The van der Waals surface area contributed by atoms with Crippen LogP contribution in [0.25, 0.3) is 0 Å². The molecule has 0 spiro atoms. The van der Waals surface area contributed by atoms with E-state index in [2.05, 4.69) is 27.0 Å². The Morgan fingerprint density at radius 1 is 1.35 bits per heavy atom. The van der Waals surface area contributed by atoms with E-state index in [1.165, 1.54) is 0 Å². The Kier molecular flexibility index (Phi) is 4.59. The Hall–Kier alpha value is -2.38. The number of nitrogens with zero attached hydrogens (tertiary/aromatic N) is 3.